The minimum Gasteiger partial charge on any atom is -0.335 e. The van der Waals surface area contributed by atoms with Gasteiger partial charge in [-0.2, -0.15) is 0 Å². The van der Waals surface area contributed by atoms with Crippen LogP contribution >= 0.6 is 11.8 Å². The van der Waals surface area contributed by atoms with Crippen LogP contribution in [-0.4, -0.2) is 42.4 Å². The molecule has 2 aromatic carbocycles. The standard InChI is InChI=1S/C28H29N5OS/c1-20(2)22-12-10-21(11-13-22)18-32(24-14-15-24)26(34)19-35-28-31-30-27(23-7-6-16-29-17-23)33(28)25-8-4-3-5-9-25/h3-13,16-17,20,24H,14-15,18-19H2,1-2H3. The maximum atomic E-state index is 13.3. The smallest absolute Gasteiger partial charge is 0.233 e. The van der Waals surface area contributed by atoms with Crippen LogP contribution in [-0.2, 0) is 11.3 Å². The average Bonchev–Trinajstić information content (AvgIpc) is 3.65. The summed E-state index contributed by atoms with van der Waals surface area (Å²) >= 11 is 1.43. The molecule has 35 heavy (non-hydrogen) atoms. The number of rotatable bonds is 9. The predicted octanol–water partition coefficient (Wildman–Crippen LogP) is 5.74. The monoisotopic (exact) mass is 483 g/mol. The molecule has 0 aliphatic heterocycles. The SMILES string of the molecule is CC(C)c1ccc(CN(C(=O)CSc2nnc(-c3cccnc3)n2-c2ccccc2)C2CC2)cc1. The molecule has 1 aliphatic carbocycles. The highest BCUT2D eigenvalue weighted by atomic mass is 32.2. The fourth-order valence-corrected chi connectivity index (χ4v) is 4.91. The normalized spacial score (nSPS) is 13.2. The van der Waals surface area contributed by atoms with Crippen molar-refractivity contribution in [2.45, 2.75) is 50.4 Å². The van der Waals surface area contributed by atoms with Crippen molar-refractivity contribution >= 4 is 17.7 Å². The predicted molar refractivity (Wildman–Crippen MR) is 139 cm³/mol. The van der Waals surface area contributed by atoms with E-state index in [1.165, 1.54) is 22.9 Å². The minimum atomic E-state index is 0.135. The summed E-state index contributed by atoms with van der Waals surface area (Å²) in [5.74, 6) is 1.66. The summed E-state index contributed by atoms with van der Waals surface area (Å²) in [5.41, 5.74) is 4.33. The first-order valence-corrected chi connectivity index (χ1v) is 13.0. The van der Waals surface area contributed by atoms with E-state index in [1.807, 2.05) is 51.9 Å². The van der Waals surface area contributed by atoms with E-state index >= 15 is 0 Å². The average molecular weight is 484 g/mol. The number of thioether (sulfide) groups is 1. The number of nitrogens with zero attached hydrogens (tertiary/aromatic N) is 5. The highest BCUT2D eigenvalue weighted by molar-refractivity contribution is 7.99. The molecule has 1 fully saturated rings. The lowest BCUT2D eigenvalue weighted by atomic mass is 10.0. The van der Waals surface area contributed by atoms with Gasteiger partial charge in [0.15, 0.2) is 11.0 Å². The summed E-state index contributed by atoms with van der Waals surface area (Å²) in [4.78, 5) is 19.6. The molecule has 0 unspecified atom stereocenters. The lowest BCUT2D eigenvalue weighted by Crippen LogP contribution is -2.34. The lowest BCUT2D eigenvalue weighted by molar-refractivity contribution is -0.129. The van der Waals surface area contributed by atoms with E-state index in [0.29, 0.717) is 35.2 Å². The topological polar surface area (TPSA) is 63.9 Å². The molecule has 0 saturated heterocycles. The summed E-state index contributed by atoms with van der Waals surface area (Å²) in [5, 5.41) is 9.59. The van der Waals surface area contributed by atoms with Gasteiger partial charge >= 0.3 is 0 Å². The van der Waals surface area contributed by atoms with Crippen LogP contribution in [0.5, 0.6) is 0 Å². The van der Waals surface area contributed by atoms with Crippen LogP contribution in [0, 0.1) is 0 Å². The molecule has 1 aliphatic rings. The summed E-state index contributed by atoms with van der Waals surface area (Å²) in [6, 6.07) is 22.8. The lowest BCUT2D eigenvalue weighted by Gasteiger charge is -2.23. The van der Waals surface area contributed by atoms with E-state index in [9.17, 15) is 4.79 Å². The number of hydrogen-bond donors (Lipinski definition) is 0. The third kappa shape index (κ3) is 5.46. The molecule has 4 aromatic rings. The third-order valence-corrected chi connectivity index (χ3v) is 7.11. The number of hydrogen-bond acceptors (Lipinski definition) is 5. The molecule has 0 radical (unpaired) electrons. The Bertz CT molecular complexity index is 1270. The zero-order valence-corrected chi connectivity index (χ0v) is 20.9. The van der Waals surface area contributed by atoms with Gasteiger partial charge in [-0.1, -0.05) is 68.1 Å². The number of amides is 1. The fraction of sp³-hybridized carbons (Fsp3) is 0.286. The Morgan fingerprint density at radius 2 is 1.80 bits per heavy atom. The van der Waals surface area contributed by atoms with Crippen molar-refractivity contribution in [2.75, 3.05) is 5.75 Å². The molecule has 0 N–H and O–H groups in total. The van der Waals surface area contributed by atoms with Crippen molar-refractivity contribution in [3.63, 3.8) is 0 Å². The molecular formula is C28H29N5OS. The molecule has 2 aromatic heterocycles. The van der Waals surface area contributed by atoms with Crippen LogP contribution in [0.15, 0.2) is 84.3 Å². The van der Waals surface area contributed by atoms with Crippen molar-refractivity contribution < 1.29 is 4.79 Å². The maximum Gasteiger partial charge on any atom is 0.233 e. The maximum absolute atomic E-state index is 13.3. The quantitative estimate of drug-likeness (QED) is 0.284. The number of pyridine rings is 1. The van der Waals surface area contributed by atoms with Gasteiger partial charge in [-0.3, -0.25) is 14.3 Å². The number of benzene rings is 2. The van der Waals surface area contributed by atoms with Crippen molar-refractivity contribution in [1.29, 1.82) is 0 Å². The largest absolute Gasteiger partial charge is 0.335 e. The second kappa shape index (κ2) is 10.4. The van der Waals surface area contributed by atoms with Crippen LogP contribution in [0.4, 0.5) is 0 Å². The molecular weight excluding hydrogens is 454 g/mol. The van der Waals surface area contributed by atoms with Crippen molar-refractivity contribution in [2.24, 2.45) is 0 Å². The third-order valence-electron chi connectivity index (χ3n) is 6.20. The zero-order valence-electron chi connectivity index (χ0n) is 20.0. The van der Waals surface area contributed by atoms with Gasteiger partial charge < -0.3 is 4.90 Å². The van der Waals surface area contributed by atoms with Crippen LogP contribution in [0.2, 0.25) is 0 Å². The van der Waals surface area contributed by atoms with E-state index in [2.05, 4.69) is 53.3 Å². The van der Waals surface area contributed by atoms with Gasteiger partial charge in [0.1, 0.15) is 0 Å². The Hall–Kier alpha value is -3.45. The van der Waals surface area contributed by atoms with Crippen molar-refractivity contribution in [3.05, 3.63) is 90.3 Å². The van der Waals surface area contributed by atoms with Gasteiger partial charge in [-0.15, -0.1) is 10.2 Å². The van der Waals surface area contributed by atoms with Gasteiger partial charge in [0.25, 0.3) is 0 Å². The number of para-hydroxylation sites is 1. The molecule has 1 saturated carbocycles. The first-order chi connectivity index (χ1) is 17.1. The summed E-state index contributed by atoms with van der Waals surface area (Å²) in [6.07, 6.45) is 5.67. The summed E-state index contributed by atoms with van der Waals surface area (Å²) in [7, 11) is 0. The molecule has 0 bridgehead atoms. The minimum absolute atomic E-state index is 0.135. The van der Waals surface area contributed by atoms with Crippen LogP contribution in [0.25, 0.3) is 17.1 Å². The molecule has 2 heterocycles. The van der Waals surface area contributed by atoms with Gasteiger partial charge in [0, 0.05) is 36.2 Å². The Kier molecular flexibility index (Phi) is 6.95. The molecule has 6 nitrogen and oxygen atoms in total. The highest BCUT2D eigenvalue weighted by Gasteiger charge is 2.32. The Morgan fingerprint density at radius 3 is 2.46 bits per heavy atom. The molecule has 7 heteroatoms. The Morgan fingerprint density at radius 1 is 1.03 bits per heavy atom. The van der Waals surface area contributed by atoms with E-state index in [1.54, 1.807) is 12.4 Å². The van der Waals surface area contributed by atoms with Gasteiger partial charge in [0.2, 0.25) is 5.91 Å². The van der Waals surface area contributed by atoms with E-state index < -0.39 is 0 Å². The number of aromatic nitrogens is 4. The van der Waals surface area contributed by atoms with E-state index in [4.69, 9.17) is 0 Å². The fourth-order valence-electron chi connectivity index (χ4n) is 4.08. The summed E-state index contributed by atoms with van der Waals surface area (Å²) in [6.45, 7) is 5.04. The Balaban J connectivity index is 1.34. The van der Waals surface area contributed by atoms with Crippen LogP contribution < -0.4 is 0 Å². The van der Waals surface area contributed by atoms with Crippen molar-refractivity contribution in [1.82, 2.24) is 24.6 Å². The second-order valence-corrected chi connectivity index (χ2v) is 10.1. The van der Waals surface area contributed by atoms with Crippen LogP contribution in [0.1, 0.15) is 43.7 Å². The van der Waals surface area contributed by atoms with E-state index in [-0.39, 0.29) is 5.91 Å². The zero-order chi connectivity index (χ0) is 24.2. The first-order valence-electron chi connectivity index (χ1n) is 12.0. The number of carbonyl (C=O) groups is 1. The van der Waals surface area contributed by atoms with E-state index in [0.717, 1.165) is 24.1 Å². The molecule has 0 atom stereocenters. The number of carbonyl (C=O) groups excluding carboxylic acids is 1. The van der Waals surface area contributed by atoms with Gasteiger partial charge in [0.05, 0.1) is 5.75 Å². The molecule has 0 spiro atoms. The van der Waals surface area contributed by atoms with Gasteiger partial charge in [-0.05, 0) is 54.2 Å². The second-order valence-electron chi connectivity index (χ2n) is 9.16. The highest BCUT2D eigenvalue weighted by Crippen LogP contribution is 2.31. The van der Waals surface area contributed by atoms with Gasteiger partial charge in [-0.25, -0.2) is 0 Å². The van der Waals surface area contributed by atoms with Crippen molar-refractivity contribution in [3.8, 4) is 17.1 Å². The Labute approximate surface area is 210 Å². The molecule has 5 rings (SSSR count). The molecule has 178 valence electrons. The van der Waals surface area contributed by atoms with Crippen LogP contribution in [0.3, 0.4) is 0 Å². The summed E-state index contributed by atoms with van der Waals surface area (Å²) < 4.78 is 2.00. The first kappa shape index (κ1) is 23.3. The molecule has 1 amide bonds.